The third kappa shape index (κ3) is 11.4. The van der Waals surface area contributed by atoms with Gasteiger partial charge in [-0.05, 0) is 50.7 Å². The van der Waals surface area contributed by atoms with Crippen LogP contribution >= 0.6 is 0 Å². The van der Waals surface area contributed by atoms with E-state index in [9.17, 15) is 9.59 Å². The van der Waals surface area contributed by atoms with E-state index in [-0.39, 0.29) is 17.7 Å². The molecule has 2 amide bonds. The molecule has 6 nitrogen and oxygen atoms in total. The number of allylic oxidation sites excluding steroid dienone is 3. The van der Waals surface area contributed by atoms with Crippen LogP contribution < -0.4 is 5.32 Å². The number of amides is 2. The summed E-state index contributed by atoms with van der Waals surface area (Å²) >= 11 is 0. The molecule has 6 heteroatoms. The minimum atomic E-state index is -0.512. The Balaban J connectivity index is 0.00000466. The Hall–Kier alpha value is -2.24. The first kappa shape index (κ1) is 29.8. The molecule has 1 saturated carbocycles. The van der Waals surface area contributed by atoms with Crippen LogP contribution in [0.3, 0.4) is 0 Å². The molecule has 32 heavy (non-hydrogen) atoms. The number of hydrogen-bond donors (Lipinski definition) is 1. The van der Waals surface area contributed by atoms with Crippen LogP contribution in [0.15, 0.2) is 36.3 Å². The molecule has 1 atom stereocenters. The van der Waals surface area contributed by atoms with Gasteiger partial charge in [0.25, 0.3) is 0 Å². The number of ether oxygens (including phenoxy) is 2. The van der Waals surface area contributed by atoms with E-state index in [0.717, 1.165) is 38.6 Å². The topological polar surface area (TPSA) is 67.9 Å². The van der Waals surface area contributed by atoms with E-state index in [2.05, 4.69) is 18.8 Å². The summed E-state index contributed by atoms with van der Waals surface area (Å²) in [6.45, 7) is 12.7. The molecule has 1 fully saturated rings. The monoisotopic (exact) mass is 450 g/mol. The van der Waals surface area contributed by atoms with Crippen molar-refractivity contribution in [3.05, 3.63) is 36.3 Å². The predicted molar refractivity (Wildman–Crippen MR) is 132 cm³/mol. The van der Waals surface area contributed by atoms with E-state index in [1.165, 1.54) is 32.4 Å². The Bertz CT molecular complexity index is 607. The first-order valence-electron chi connectivity index (χ1n) is 12.2. The van der Waals surface area contributed by atoms with Crippen molar-refractivity contribution in [3.63, 3.8) is 0 Å². The van der Waals surface area contributed by atoms with Crippen LogP contribution in [0.4, 0.5) is 4.79 Å². The molecule has 0 spiro atoms. The Kier molecular flexibility index (Phi) is 17.1. The number of nitrogens with zero attached hydrogens (tertiary/aromatic N) is 1. The fourth-order valence-corrected chi connectivity index (χ4v) is 3.79. The number of carbonyl (C=O) groups is 2. The smallest absolute Gasteiger partial charge is 0.411 e. The first-order chi connectivity index (χ1) is 15.5. The molecule has 0 heterocycles. The van der Waals surface area contributed by atoms with Crippen LogP contribution in [0.2, 0.25) is 0 Å². The molecule has 1 unspecified atom stereocenters. The number of nitrogens with one attached hydrogen (secondary N) is 1. The molecule has 0 aliphatic heterocycles. The molecule has 0 bridgehead atoms. The van der Waals surface area contributed by atoms with Crippen LogP contribution in [0, 0.1) is 11.8 Å². The van der Waals surface area contributed by atoms with Gasteiger partial charge in [0, 0.05) is 19.5 Å². The summed E-state index contributed by atoms with van der Waals surface area (Å²) in [5.41, 5.74) is 0.510. The average Bonchev–Trinajstić information content (AvgIpc) is 2.83. The Labute approximate surface area is 196 Å². The fourth-order valence-electron chi connectivity index (χ4n) is 3.79. The largest absolute Gasteiger partial charge is 0.495 e. The van der Waals surface area contributed by atoms with Gasteiger partial charge in [-0.2, -0.15) is 0 Å². The van der Waals surface area contributed by atoms with Crippen molar-refractivity contribution in [2.75, 3.05) is 27.3 Å². The molecule has 0 saturated heterocycles. The van der Waals surface area contributed by atoms with Crippen LogP contribution in [0.1, 0.15) is 79.1 Å². The highest BCUT2D eigenvalue weighted by Gasteiger charge is 2.23. The van der Waals surface area contributed by atoms with Gasteiger partial charge in [-0.1, -0.05) is 59.1 Å². The minimum absolute atomic E-state index is 0.213. The molecule has 0 aromatic heterocycles. The van der Waals surface area contributed by atoms with Gasteiger partial charge in [-0.15, -0.1) is 0 Å². The summed E-state index contributed by atoms with van der Waals surface area (Å²) in [5.74, 6) is 1.25. The van der Waals surface area contributed by atoms with Crippen molar-refractivity contribution in [2.45, 2.75) is 79.1 Å². The summed E-state index contributed by atoms with van der Waals surface area (Å²) in [6, 6.07) is 0. The lowest BCUT2D eigenvalue weighted by Crippen LogP contribution is -2.34. The Morgan fingerprint density at radius 2 is 1.88 bits per heavy atom. The SMILES string of the molecule is C=C/C(OC)=C(\C=C/C)NC(=O)OCC(CC)CCCN(C)C(=O)C1CCCCC1.CC. The molecule has 0 aromatic rings. The molecule has 0 radical (unpaired) electrons. The summed E-state index contributed by atoms with van der Waals surface area (Å²) in [5, 5.41) is 2.71. The number of hydrogen-bond acceptors (Lipinski definition) is 4. The number of methoxy groups -OCH3 is 1. The zero-order chi connectivity index (χ0) is 24.4. The molecule has 1 N–H and O–H groups in total. The van der Waals surface area contributed by atoms with Crippen molar-refractivity contribution >= 4 is 12.0 Å². The van der Waals surface area contributed by atoms with Crippen molar-refractivity contribution < 1.29 is 19.1 Å². The molecule has 184 valence electrons. The second kappa shape index (κ2) is 18.3. The summed E-state index contributed by atoms with van der Waals surface area (Å²) in [4.78, 5) is 26.6. The number of rotatable bonds is 12. The van der Waals surface area contributed by atoms with E-state index in [1.807, 2.05) is 32.7 Å². The zero-order valence-electron chi connectivity index (χ0n) is 21.2. The predicted octanol–water partition coefficient (Wildman–Crippen LogP) is 6.20. The second-order valence-corrected chi connectivity index (χ2v) is 7.92. The van der Waals surface area contributed by atoms with Gasteiger partial charge in [0.2, 0.25) is 5.91 Å². The highest BCUT2D eigenvalue weighted by molar-refractivity contribution is 5.78. The molecular weight excluding hydrogens is 404 g/mol. The summed E-state index contributed by atoms with van der Waals surface area (Å²) in [6.07, 6.45) is 13.0. The minimum Gasteiger partial charge on any atom is -0.495 e. The zero-order valence-corrected chi connectivity index (χ0v) is 21.2. The molecule has 1 aliphatic carbocycles. The standard InChI is InChI=1S/C24H40N2O4.C2H6/c1-6-13-21(22(8-3)29-5)25-24(28)30-18-19(7-2)14-12-17-26(4)23(27)20-15-10-9-11-16-20;1-2/h6,8,13,19-20H,3,7,9-12,14-18H2,1-2,4-5H3,(H,25,28);1-2H3/b13-6-,22-21-;. The molecule has 0 aromatic carbocycles. The average molecular weight is 451 g/mol. The van der Waals surface area contributed by atoms with E-state index >= 15 is 0 Å². The Morgan fingerprint density at radius 3 is 2.41 bits per heavy atom. The number of alkyl carbamates (subject to hydrolysis) is 1. The highest BCUT2D eigenvalue weighted by atomic mass is 16.5. The quantitative estimate of drug-likeness (QED) is 0.284. The van der Waals surface area contributed by atoms with E-state index in [0.29, 0.717) is 18.1 Å². The second-order valence-electron chi connectivity index (χ2n) is 7.92. The van der Waals surface area contributed by atoms with Crippen LogP contribution in [-0.4, -0.2) is 44.2 Å². The van der Waals surface area contributed by atoms with Crippen LogP contribution in [0.25, 0.3) is 0 Å². The van der Waals surface area contributed by atoms with E-state index < -0.39 is 6.09 Å². The highest BCUT2D eigenvalue weighted by Crippen LogP contribution is 2.25. The summed E-state index contributed by atoms with van der Waals surface area (Å²) < 4.78 is 10.6. The van der Waals surface area contributed by atoms with Gasteiger partial charge in [-0.25, -0.2) is 4.79 Å². The lowest BCUT2D eigenvalue weighted by atomic mass is 9.88. The van der Waals surface area contributed by atoms with Gasteiger partial charge >= 0.3 is 6.09 Å². The van der Waals surface area contributed by atoms with Gasteiger partial charge < -0.3 is 14.4 Å². The van der Waals surface area contributed by atoms with Gasteiger partial charge in [-0.3, -0.25) is 10.1 Å². The maximum atomic E-state index is 12.5. The van der Waals surface area contributed by atoms with E-state index in [1.54, 1.807) is 12.2 Å². The maximum Gasteiger partial charge on any atom is 0.411 e. The number of carbonyl (C=O) groups excluding carboxylic acids is 2. The van der Waals surface area contributed by atoms with Crippen LogP contribution in [-0.2, 0) is 14.3 Å². The lowest BCUT2D eigenvalue weighted by Gasteiger charge is -2.27. The Morgan fingerprint density at radius 1 is 1.22 bits per heavy atom. The lowest BCUT2D eigenvalue weighted by molar-refractivity contribution is -0.135. The summed E-state index contributed by atoms with van der Waals surface area (Å²) in [7, 11) is 3.43. The molecule has 1 aliphatic rings. The van der Waals surface area contributed by atoms with E-state index in [4.69, 9.17) is 9.47 Å². The molecular formula is C26H46N2O4. The van der Waals surface area contributed by atoms with Crippen molar-refractivity contribution in [2.24, 2.45) is 11.8 Å². The van der Waals surface area contributed by atoms with Crippen LogP contribution in [0.5, 0.6) is 0 Å². The molecule has 1 rings (SSSR count). The van der Waals surface area contributed by atoms with Crippen molar-refractivity contribution in [1.82, 2.24) is 10.2 Å². The fraction of sp³-hybridized carbons (Fsp3) is 0.692. The first-order valence-corrected chi connectivity index (χ1v) is 12.2. The van der Waals surface area contributed by atoms with Crippen molar-refractivity contribution in [1.29, 1.82) is 0 Å². The normalized spacial score (nSPS) is 15.7. The van der Waals surface area contributed by atoms with Gasteiger partial charge in [0.15, 0.2) is 0 Å². The third-order valence-electron chi connectivity index (χ3n) is 5.70. The third-order valence-corrected chi connectivity index (χ3v) is 5.70. The maximum absolute atomic E-state index is 12.5. The van der Waals surface area contributed by atoms with Gasteiger partial charge in [0.05, 0.1) is 19.4 Å². The van der Waals surface area contributed by atoms with Gasteiger partial charge in [0.1, 0.15) is 5.76 Å². The van der Waals surface area contributed by atoms with Crippen molar-refractivity contribution in [3.8, 4) is 0 Å².